The van der Waals surface area contributed by atoms with Gasteiger partial charge in [0.15, 0.2) is 0 Å². The first-order valence-corrected chi connectivity index (χ1v) is 5.68. The Balaban J connectivity index is 2.98. The van der Waals surface area contributed by atoms with Gasteiger partial charge in [-0.2, -0.15) is 0 Å². The number of carbonyl (C=O) groups excluding carboxylic acids is 1. The first-order chi connectivity index (χ1) is 7.56. The van der Waals surface area contributed by atoms with Gasteiger partial charge in [0, 0.05) is 12.5 Å². The van der Waals surface area contributed by atoms with E-state index in [1.165, 1.54) is 6.92 Å². The van der Waals surface area contributed by atoms with Gasteiger partial charge in [-0.25, -0.2) is 0 Å². The van der Waals surface area contributed by atoms with Crippen molar-refractivity contribution in [3.63, 3.8) is 0 Å². The molecule has 1 unspecified atom stereocenters. The third-order valence-corrected chi connectivity index (χ3v) is 2.68. The minimum atomic E-state index is -0.578. The topological polar surface area (TPSA) is 49.3 Å². The van der Waals surface area contributed by atoms with Gasteiger partial charge < -0.3 is 10.4 Å². The summed E-state index contributed by atoms with van der Waals surface area (Å²) in [4.78, 5) is 10.9. The molecule has 4 heteroatoms. The average molecular weight is 242 g/mol. The van der Waals surface area contributed by atoms with Crippen molar-refractivity contribution < 1.29 is 9.90 Å². The van der Waals surface area contributed by atoms with Crippen LogP contribution in [0.15, 0.2) is 18.2 Å². The summed E-state index contributed by atoms with van der Waals surface area (Å²) >= 11 is 6.11. The van der Waals surface area contributed by atoms with Gasteiger partial charge >= 0.3 is 0 Å². The standard InChI is InChI=1S/C12H16ClNO2/c1-3-5-11(16)9-6-4-7-10(12(9)13)14-8(2)15/h4,6-7,11,16H,3,5H2,1-2H3,(H,14,15). The molecule has 0 spiro atoms. The second-order valence-electron chi connectivity index (χ2n) is 3.69. The van der Waals surface area contributed by atoms with E-state index < -0.39 is 6.10 Å². The lowest BCUT2D eigenvalue weighted by molar-refractivity contribution is -0.114. The fraction of sp³-hybridized carbons (Fsp3) is 0.417. The van der Waals surface area contributed by atoms with Gasteiger partial charge in [0.25, 0.3) is 0 Å². The molecule has 16 heavy (non-hydrogen) atoms. The van der Waals surface area contributed by atoms with E-state index in [1.807, 2.05) is 6.92 Å². The van der Waals surface area contributed by atoms with Crippen LogP contribution in [0, 0.1) is 0 Å². The number of aliphatic hydroxyl groups excluding tert-OH is 1. The molecule has 0 bridgehead atoms. The van der Waals surface area contributed by atoms with E-state index in [0.717, 1.165) is 6.42 Å². The molecule has 0 fully saturated rings. The molecule has 1 aromatic rings. The summed E-state index contributed by atoms with van der Waals surface area (Å²) in [7, 11) is 0. The van der Waals surface area contributed by atoms with Crippen molar-refractivity contribution in [1.82, 2.24) is 0 Å². The van der Waals surface area contributed by atoms with Gasteiger partial charge in [-0.3, -0.25) is 4.79 Å². The molecule has 0 saturated carbocycles. The van der Waals surface area contributed by atoms with E-state index in [-0.39, 0.29) is 5.91 Å². The van der Waals surface area contributed by atoms with Crippen LogP contribution >= 0.6 is 11.6 Å². The molecular weight excluding hydrogens is 226 g/mol. The van der Waals surface area contributed by atoms with Crippen LogP contribution in [0.5, 0.6) is 0 Å². The smallest absolute Gasteiger partial charge is 0.221 e. The van der Waals surface area contributed by atoms with Crippen LogP contribution in [0.2, 0.25) is 5.02 Å². The molecule has 1 amide bonds. The Morgan fingerprint density at radius 2 is 2.25 bits per heavy atom. The Labute approximate surface area is 100 Å². The van der Waals surface area contributed by atoms with Gasteiger partial charge in [-0.1, -0.05) is 37.1 Å². The molecule has 2 N–H and O–H groups in total. The minimum Gasteiger partial charge on any atom is -0.388 e. The van der Waals surface area contributed by atoms with Crippen LogP contribution in [-0.2, 0) is 4.79 Å². The van der Waals surface area contributed by atoms with Crippen LogP contribution in [-0.4, -0.2) is 11.0 Å². The predicted molar refractivity (Wildman–Crippen MR) is 65.6 cm³/mol. The summed E-state index contributed by atoms with van der Waals surface area (Å²) in [5.41, 5.74) is 1.21. The van der Waals surface area contributed by atoms with Gasteiger partial charge in [-0.05, 0) is 12.5 Å². The molecule has 0 aliphatic carbocycles. The lowest BCUT2D eigenvalue weighted by atomic mass is 10.0. The average Bonchev–Trinajstić information content (AvgIpc) is 2.21. The number of nitrogens with one attached hydrogen (secondary N) is 1. The number of carbonyl (C=O) groups is 1. The molecule has 0 aliphatic heterocycles. The summed E-state index contributed by atoms with van der Waals surface area (Å²) in [6.45, 7) is 3.42. The molecule has 0 aromatic heterocycles. The number of aliphatic hydroxyl groups is 1. The molecular formula is C12H16ClNO2. The van der Waals surface area contributed by atoms with Crippen molar-refractivity contribution in [2.24, 2.45) is 0 Å². The number of amides is 1. The molecule has 0 heterocycles. The zero-order chi connectivity index (χ0) is 12.1. The molecule has 0 saturated heterocycles. The maximum atomic E-state index is 10.9. The van der Waals surface area contributed by atoms with Crippen molar-refractivity contribution >= 4 is 23.2 Å². The van der Waals surface area contributed by atoms with Crippen LogP contribution in [0.4, 0.5) is 5.69 Å². The highest BCUT2D eigenvalue weighted by Gasteiger charge is 2.13. The first kappa shape index (κ1) is 13.0. The van der Waals surface area contributed by atoms with E-state index >= 15 is 0 Å². The molecule has 88 valence electrons. The third kappa shape index (κ3) is 3.22. The molecule has 3 nitrogen and oxygen atoms in total. The predicted octanol–water partition coefficient (Wildman–Crippen LogP) is 3.13. The third-order valence-electron chi connectivity index (χ3n) is 2.26. The molecule has 0 aliphatic rings. The number of halogens is 1. The Bertz CT molecular complexity index is 379. The number of anilines is 1. The summed E-state index contributed by atoms with van der Waals surface area (Å²) in [6, 6.07) is 5.26. The van der Waals surface area contributed by atoms with E-state index in [4.69, 9.17) is 11.6 Å². The van der Waals surface area contributed by atoms with Crippen LogP contribution < -0.4 is 5.32 Å². The maximum Gasteiger partial charge on any atom is 0.221 e. The monoisotopic (exact) mass is 241 g/mol. The second-order valence-corrected chi connectivity index (χ2v) is 4.07. The molecule has 0 radical (unpaired) electrons. The number of rotatable bonds is 4. The van der Waals surface area contributed by atoms with E-state index in [2.05, 4.69) is 5.32 Å². The Hall–Kier alpha value is -1.06. The fourth-order valence-corrected chi connectivity index (χ4v) is 1.82. The highest BCUT2D eigenvalue weighted by Crippen LogP contribution is 2.31. The van der Waals surface area contributed by atoms with Crippen molar-refractivity contribution in [2.75, 3.05) is 5.32 Å². The molecule has 1 aromatic carbocycles. The van der Waals surface area contributed by atoms with E-state index in [9.17, 15) is 9.90 Å². The quantitative estimate of drug-likeness (QED) is 0.851. The van der Waals surface area contributed by atoms with Crippen LogP contribution in [0.3, 0.4) is 0 Å². The van der Waals surface area contributed by atoms with Gasteiger partial charge in [0.05, 0.1) is 16.8 Å². The van der Waals surface area contributed by atoms with Crippen LogP contribution in [0.25, 0.3) is 0 Å². The highest BCUT2D eigenvalue weighted by atomic mass is 35.5. The van der Waals surface area contributed by atoms with Crippen molar-refractivity contribution in [3.8, 4) is 0 Å². The summed E-state index contributed by atoms with van der Waals surface area (Å²) < 4.78 is 0. The molecule has 1 atom stereocenters. The fourth-order valence-electron chi connectivity index (χ4n) is 1.52. The normalized spacial score (nSPS) is 12.2. The lowest BCUT2D eigenvalue weighted by Crippen LogP contribution is -2.08. The van der Waals surface area contributed by atoms with Crippen molar-refractivity contribution in [3.05, 3.63) is 28.8 Å². The van der Waals surface area contributed by atoms with Gasteiger partial charge in [-0.15, -0.1) is 0 Å². The Morgan fingerprint density at radius 1 is 1.56 bits per heavy atom. The van der Waals surface area contributed by atoms with E-state index in [0.29, 0.717) is 22.7 Å². The zero-order valence-corrected chi connectivity index (χ0v) is 10.2. The van der Waals surface area contributed by atoms with Crippen molar-refractivity contribution in [2.45, 2.75) is 32.8 Å². The first-order valence-electron chi connectivity index (χ1n) is 5.30. The number of benzene rings is 1. The minimum absolute atomic E-state index is 0.177. The Morgan fingerprint density at radius 3 is 2.81 bits per heavy atom. The summed E-state index contributed by atoms with van der Waals surface area (Å²) in [6.07, 6.45) is 0.955. The zero-order valence-electron chi connectivity index (χ0n) is 9.46. The van der Waals surface area contributed by atoms with Crippen LogP contribution in [0.1, 0.15) is 38.4 Å². The van der Waals surface area contributed by atoms with E-state index in [1.54, 1.807) is 18.2 Å². The Kier molecular flexibility index (Phi) is 4.77. The lowest BCUT2D eigenvalue weighted by Gasteiger charge is -2.14. The summed E-state index contributed by atoms with van der Waals surface area (Å²) in [5, 5.41) is 12.9. The maximum absolute atomic E-state index is 10.9. The number of hydrogen-bond donors (Lipinski definition) is 2. The second kappa shape index (κ2) is 5.87. The summed E-state index contributed by atoms with van der Waals surface area (Å²) in [5.74, 6) is -0.177. The highest BCUT2D eigenvalue weighted by molar-refractivity contribution is 6.34. The SMILES string of the molecule is CCCC(O)c1cccc(NC(C)=O)c1Cl. The van der Waals surface area contributed by atoms with Crippen molar-refractivity contribution in [1.29, 1.82) is 0 Å². The van der Waals surface area contributed by atoms with Gasteiger partial charge in [0.2, 0.25) is 5.91 Å². The number of hydrogen-bond acceptors (Lipinski definition) is 2. The van der Waals surface area contributed by atoms with Gasteiger partial charge in [0.1, 0.15) is 0 Å². The molecule has 1 rings (SSSR count). The largest absolute Gasteiger partial charge is 0.388 e.